The van der Waals surface area contributed by atoms with E-state index < -0.39 is 5.82 Å². The highest BCUT2D eigenvalue weighted by molar-refractivity contribution is 9.10. The predicted molar refractivity (Wildman–Crippen MR) is 78.5 cm³/mol. The molecule has 0 atom stereocenters. The standard InChI is InChI=1S/C15H11BrClFO/c1-8-7-12(16)9(2)6-11(8)15(19)10-4-3-5-13(18)14(10)17/h3-7H,1-2H3. The van der Waals surface area contributed by atoms with Gasteiger partial charge in [-0.2, -0.15) is 0 Å². The molecule has 19 heavy (non-hydrogen) atoms. The molecule has 0 fully saturated rings. The van der Waals surface area contributed by atoms with Crippen LogP contribution in [0.2, 0.25) is 5.02 Å². The summed E-state index contributed by atoms with van der Waals surface area (Å²) in [5, 5.41) is -0.132. The Morgan fingerprint density at radius 3 is 2.53 bits per heavy atom. The van der Waals surface area contributed by atoms with E-state index in [9.17, 15) is 9.18 Å². The molecule has 2 rings (SSSR count). The quantitative estimate of drug-likeness (QED) is 0.695. The molecule has 0 aliphatic carbocycles. The first-order chi connectivity index (χ1) is 8.91. The lowest BCUT2D eigenvalue weighted by Gasteiger charge is -2.09. The fourth-order valence-corrected chi connectivity index (χ4v) is 2.52. The molecule has 0 saturated heterocycles. The van der Waals surface area contributed by atoms with Crippen LogP contribution in [0.3, 0.4) is 0 Å². The van der Waals surface area contributed by atoms with Gasteiger partial charge in [0.05, 0.1) is 5.02 Å². The van der Waals surface area contributed by atoms with Crippen molar-refractivity contribution in [2.24, 2.45) is 0 Å². The van der Waals surface area contributed by atoms with Crippen molar-refractivity contribution < 1.29 is 9.18 Å². The number of benzene rings is 2. The average molecular weight is 342 g/mol. The number of halogens is 3. The van der Waals surface area contributed by atoms with Crippen LogP contribution in [0.25, 0.3) is 0 Å². The van der Waals surface area contributed by atoms with Crippen LogP contribution in [0.15, 0.2) is 34.8 Å². The zero-order valence-electron chi connectivity index (χ0n) is 10.4. The van der Waals surface area contributed by atoms with E-state index in [-0.39, 0.29) is 16.4 Å². The minimum absolute atomic E-state index is 0.132. The Hall–Kier alpha value is -1.19. The van der Waals surface area contributed by atoms with Crippen LogP contribution < -0.4 is 0 Å². The third-order valence-electron chi connectivity index (χ3n) is 2.95. The second-order valence-electron chi connectivity index (χ2n) is 4.35. The highest BCUT2D eigenvalue weighted by Gasteiger charge is 2.17. The summed E-state index contributed by atoms with van der Waals surface area (Å²) in [5.74, 6) is -0.850. The largest absolute Gasteiger partial charge is 0.289 e. The Morgan fingerprint density at radius 2 is 1.84 bits per heavy atom. The molecule has 0 bridgehead atoms. The average Bonchev–Trinajstić information content (AvgIpc) is 2.36. The highest BCUT2D eigenvalue weighted by Crippen LogP contribution is 2.26. The Labute approximate surface area is 124 Å². The lowest BCUT2D eigenvalue weighted by molar-refractivity contribution is 0.103. The topological polar surface area (TPSA) is 17.1 Å². The van der Waals surface area contributed by atoms with Gasteiger partial charge >= 0.3 is 0 Å². The lowest BCUT2D eigenvalue weighted by Crippen LogP contribution is -2.06. The third-order valence-corrected chi connectivity index (χ3v) is 4.18. The summed E-state index contributed by atoms with van der Waals surface area (Å²) in [4.78, 5) is 12.4. The summed E-state index contributed by atoms with van der Waals surface area (Å²) < 4.78 is 14.3. The molecule has 98 valence electrons. The van der Waals surface area contributed by atoms with Gasteiger partial charge in [-0.15, -0.1) is 0 Å². The number of aryl methyl sites for hydroxylation is 2. The van der Waals surface area contributed by atoms with Gasteiger partial charge in [-0.05, 0) is 49.2 Å². The van der Waals surface area contributed by atoms with Crippen molar-refractivity contribution in [3.8, 4) is 0 Å². The monoisotopic (exact) mass is 340 g/mol. The van der Waals surface area contributed by atoms with Crippen molar-refractivity contribution in [1.82, 2.24) is 0 Å². The van der Waals surface area contributed by atoms with Crippen LogP contribution in [0.5, 0.6) is 0 Å². The summed E-state index contributed by atoms with van der Waals surface area (Å²) in [6.45, 7) is 3.73. The molecule has 0 amide bonds. The first-order valence-corrected chi connectivity index (χ1v) is 6.84. The summed E-state index contributed by atoms with van der Waals surface area (Å²) in [5.41, 5.74) is 2.49. The zero-order valence-corrected chi connectivity index (χ0v) is 12.8. The predicted octanol–water partition coefficient (Wildman–Crippen LogP) is 5.09. The Bertz CT molecular complexity index is 667. The third kappa shape index (κ3) is 2.72. The number of carbonyl (C=O) groups excluding carboxylic acids is 1. The van der Waals surface area contributed by atoms with E-state index in [0.29, 0.717) is 5.56 Å². The Kier molecular flexibility index (Phi) is 4.07. The minimum atomic E-state index is -0.584. The van der Waals surface area contributed by atoms with E-state index in [0.717, 1.165) is 15.6 Å². The molecule has 0 unspecified atom stereocenters. The van der Waals surface area contributed by atoms with Crippen LogP contribution in [-0.2, 0) is 0 Å². The van der Waals surface area contributed by atoms with Crippen molar-refractivity contribution >= 4 is 33.3 Å². The number of carbonyl (C=O) groups is 1. The smallest absolute Gasteiger partial charge is 0.194 e. The van der Waals surface area contributed by atoms with Crippen molar-refractivity contribution in [1.29, 1.82) is 0 Å². The summed E-state index contributed by atoms with van der Waals surface area (Å²) >= 11 is 9.27. The number of ketones is 1. The summed E-state index contributed by atoms with van der Waals surface area (Å²) in [7, 11) is 0. The molecule has 2 aromatic rings. The van der Waals surface area contributed by atoms with Gasteiger partial charge in [0.1, 0.15) is 5.82 Å². The molecule has 0 aliphatic rings. The van der Waals surface area contributed by atoms with Crippen LogP contribution >= 0.6 is 27.5 Å². The molecule has 0 spiro atoms. The molecule has 0 aromatic heterocycles. The van der Waals surface area contributed by atoms with Crippen molar-refractivity contribution in [2.45, 2.75) is 13.8 Å². The molecule has 0 heterocycles. The summed E-state index contributed by atoms with van der Waals surface area (Å²) in [6.07, 6.45) is 0. The Balaban J connectivity index is 2.56. The van der Waals surface area contributed by atoms with Crippen molar-refractivity contribution in [3.63, 3.8) is 0 Å². The molecular weight excluding hydrogens is 331 g/mol. The number of rotatable bonds is 2. The van der Waals surface area contributed by atoms with Gasteiger partial charge in [0.15, 0.2) is 5.78 Å². The van der Waals surface area contributed by atoms with Crippen LogP contribution in [-0.4, -0.2) is 5.78 Å². The van der Waals surface area contributed by atoms with Crippen molar-refractivity contribution in [3.05, 3.63) is 67.9 Å². The SMILES string of the molecule is Cc1cc(C(=O)c2cccc(F)c2Cl)c(C)cc1Br. The van der Waals surface area contributed by atoms with E-state index in [1.54, 1.807) is 6.07 Å². The van der Waals surface area contributed by atoms with Gasteiger partial charge in [0, 0.05) is 15.6 Å². The first-order valence-electron chi connectivity index (χ1n) is 5.67. The second kappa shape index (κ2) is 5.43. The first kappa shape index (κ1) is 14.2. The van der Waals surface area contributed by atoms with Gasteiger partial charge in [0.2, 0.25) is 0 Å². The van der Waals surface area contributed by atoms with Gasteiger partial charge in [-0.25, -0.2) is 4.39 Å². The van der Waals surface area contributed by atoms with Crippen LogP contribution in [0.4, 0.5) is 4.39 Å². The molecule has 0 N–H and O–H groups in total. The van der Waals surface area contributed by atoms with E-state index in [4.69, 9.17) is 11.6 Å². The zero-order chi connectivity index (χ0) is 14.2. The second-order valence-corrected chi connectivity index (χ2v) is 5.58. The highest BCUT2D eigenvalue weighted by atomic mass is 79.9. The molecule has 1 nitrogen and oxygen atoms in total. The normalized spacial score (nSPS) is 10.6. The molecule has 0 radical (unpaired) electrons. The molecule has 4 heteroatoms. The van der Waals surface area contributed by atoms with E-state index in [1.165, 1.54) is 18.2 Å². The van der Waals surface area contributed by atoms with E-state index in [2.05, 4.69) is 15.9 Å². The van der Waals surface area contributed by atoms with Crippen LogP contribution in [0.1, 0.15) is 27.0 Å². The molecule has 2 aromatic carbocycles. The molecular formula is C15H11BrClFO. The van der Waals surface area contributed by atoms with Crippen LogP contribution in [0, 0.1) is 19.7 Å². The van der Waals surface area contributed by atoms with E-state index >= 15 is 0 Å². The maximum Gasteiger partial charge on any atom is 0.194 e. The Morgan fingerprint density at radius 1 is 1.16 bits per heavy atom. The maximum absolute atomic E-state index is 13.4. The number of hydrogen-bond acceptors (Lipinski definition) is 1. The van der Waals surface area contributed by atoms with Gasteiger partial charge in [-0.1, -0.05) is 33.6 Å². The maximum atomic E-state index is 13.4. The fourth-order valence-electron chi connectivity index (χ4n) is 1.85. The van der Waals surface area contributed by atoms with E-state index in [1.807, 2.05) is 19.9 Å². The van der Waals surface area contributed by atoms with Gasteiger partial charge < -0.3 is 0 Å². The molecule has 0 saturated carbocycles. The number of hydrogen-bond donors (Lipinski definition) is 0. The summed E-state index contributed by atoms with van der Waals surface area (Å²) in [6, 6.07) is 7.90. The minimum Gasteiger partial charge on any atom is -0.289 e. The van der Waals surface area contributed by atoms with Gasteiger partial charge in [0.25, 0.3) is 0 Å². The van der Waals surface area contributed by atoms with Crippen molar-refractivity contribution in [2.75, 3.05) is 0 Å². The molecule has 0 aliphatic heterocycles. The lowest BCUT2D eigenvalue weighted by atomic mass is 9.97. The van der Waals surface area contributed by atoms with Gasteiger partial charge in [-0.3, -0.25) is 4.79 Å². The fraction of sp³-hybridized carbons (Fsp3) is 0.133.